The number of halogens is 1. The SMILES string of the molecule is CC(C)c1nn(-c2ccc(Br)cc2)c2c1CCN2. The second-order valence-electron chi connectivity index (χ2n) is 4.93. The summed E-state index contributed by atoms with van der Waals surface area (Å²) >= 11 is 3.46. The molecule has 2 aromatic rings. The van der Waals surface area contributed by atoms with E-state index in [1.807, 2.05) is 16.8 Å². The Hall–Kier alpha value is -1.29. The van der Waals surface area contributed by atoms with E-state index in [1.165, 1.54) is 17.1 Å². The van der Waals surface area contributed by atoms with Crippen LogP contribution in [0.15, 0.2) is 28.7 Å². The fraction of sp³-hybridized carbons (Fsp3) is 0.357. The third kappa shape index (κ3) is 1.85. The number of benzene rings is 1. The van der Waals surface area contributed by atoms with Crippen LogP contribution in [-0.2, 0) is 6.42 Å². The van der Waals surface area contributed by atoms with Crippen molar-refractivity contribution in [3.63, 3.8) is 0 Å². The predicted molar refractivity (Wildman–Crippen MR) is 77.5 cm³/mol. The van der Waals surface area contributed by atoms with Crippen molar-refractivity contribution in [3.8, 4) is 5.69 Å². The number of anilines is 1. The highest BCUT2D eigenvalue weighted by Gasteiger charge is 2.24. The van der Waals surface area contributed by atoms with Gasteiger partial charge in [0.05, 0.1) is 11.4 Å². The van der Waals surface area contributed by atoms with E-state index in [0.717, 1.165) is 23.1 Å². The Morgan fingerprint density at radius 2 is 2.00 bits per heavy atom. The first kappa shape index (κ1) is 11.8. The molecule has 0 spiro atoms. The lowest BCUT2D eigenvalue weighted by molar-refractivity contribution is 0.756. The molecule has 0 atom stereocenters. The summed E-state index contributed by atoms with van der Waals surface area (Å²) in [6, 6.07) is 8.27. The molecule has 94 valence electrons. The van der Waals surface area contributed by atoms with Crippen LogP contribution in [0.4, 0.5) is 5.82 Å². The largest absolute Gasteiger partial charge is 0.369 e. The first-order valence-corrected chi connectivity index (χ1v) is 7.07. The number of nitrogens with one attached hydrogen (secondary N) is 1. The van der Waals surface area contributed by atoms with Gasteiger partial charge in [0.1, 0.15) is 5.82 Å². The topological polar surface area (TPSA) is 29.9 Å². The van der Waals surface area contributed by atoms with Gasteiger partial charge in [-0.25, -0.2) is 4.68 Å². The van der Waals surface area contributed by atoms with Gasteiger partial charge in [0.15, 0.2) is 0 Å². The van der Waals surface area contributed by atoms with Crippen molar-refractivity contribution in [2.45, 2.75) is 26.2 Å². The number of hydrogen-bond donors (Lipinski definition) is 1. The van der Waals surface area contributed by atoms with Gasteiger partial charge in [-0.2, -0.15) is 5.10 Å². The lowest BCUT2D eigenvalue weighted by Gasteiger charge is -2.06. The van der Waals surface area contributed by atoms with Crippen molar-refractivity contribution in [2.75, 3.05) is 11.9 Å². The molecule has 4 heteroatoms. The lowest BCUT2D eigenvalue weighted by Crippen LogP contribution is -2.05. The van der Waals surface area contributed by atoms with Crippen molar-refractivity contribution in [2.24, 2.45) is 0 Å². The van der Waals surface area contributed by atoms with E-state index >= 15 is 0 Å². The van der Waals surface area contributed by atoms with E-state index in [0.29, 0.717) is 5.92 Å². The molecule has 3 rings (SSSR count). The zero-order valence-corrected chi connectivity index (χ0v) is 12.2. The number of hydrogen-bond acceptors (Lipinski definition) is 2. The van der Waals surface area contributed by atoms with Gasteiger partial charge < -0.3 is 5.32 Å². The molecule has 1 aliphatic rings. The quantitative estimate of drug-likeness (QED) is 0.916. The molecule has 0 fully saturated rings. The summed E-state index contributed by atoms with van der Waals surface area (Å²) in [5.74, 6) is 1.64. The molecule has 0 aliphatic carbocycles. The van der Waals surface area contributed by atoms with Crippen LogP contribution in [0.25, 0.3) is 5.69 Å². The summed E-state index contributed by atoms with van der Waals surface area (Å²) in [6.45, 7) is 5.42. The third-order valence-corrected chi connectivity index (χ3v) is 3.83. The van der Waals surface area contributed by atoms with Crippen LogP contribution in [0.1, 0.15) is 31.0 Å². The minimum absolute atomic E-state index is 0.468. The normalized spacial score (nSPS) is 13.8. The monoisotopic (exact) mass is 305 g/mol. The van der Waals surface area contributed by atoms with E-state index in [-0.39, 0.29) is 0 Å². The van der Waals surface area contributed by atoms with Crippen LogP contribution >= 0.6 is 15.9 Å². The van der Waals surface area contributed by atoms with Gasteiger partial charge in [-0.3, -0.25) is 0 Å². The Morgan fingerprint density at radius 3 is 2.67 bits per heavy atom. The molecule has 0 amide bonds. The molecule has 1 aliphatic heterocycles. The molecule has 3 nitrogen and oxygen atoms in total. The minimum atomic E-state index is 0.468. The fourth-order valence-corrected chi connectivity index (χ4v) is 2.70. The van der Waals surface area contributed by atoms with Gasteiger partial charge in [-0.05, 0) is 36.6 Å². The first-order valence-electron chi connectivity index (χ1n) is 6.28. The molecular weight excluding hydrogens is 290 g/mol. The number of nitrogens with zero attached hydrogens (tertiary/aromatic N) is 2. The van der Waals surface area contributed by atoms with Gasteiger partial charge >= 0.3 is 0 Å². The van der Waals surface area contributed by atoms with E-state index < -0.39 is 0 Å². The zero-order chi connectivity index (χ0) is 12.7. The van der Waals surface area contributed by atoms with Crippen LogP contribution in [0.2, 0.25) is 0 Å². The molecule has 0 radical (unpaired) electrons. The highest BCUT2D eigenvalue weighted by molar-refractivity contribution is 9.10. The van der Waals surface area contributed by atoms with E-state index in [2.05, 4.69) is 47.2 Å². The molecule has 1 N–H and O–H groups in total. The average Bonchev–Trinajstić information content (AvgIpc) is 2.91. The standard InChI is InChI=1S/C14H16BrN3/c1-9(2)13-12-7-8-16-14(12)18(17-13)11-5-3-10(15)4-6-11/h3-6,9,16H,7-8H2,1-2H3. The summed E-state index contributed by atoms with van der Waals surface area (Å²) in [5.41, 5.74) is 3.71. The molecule has 1 aromatic heterocycles. The average molecular weight is 306 g/mol. The Labute approximate surface area is 115 Å². The van der Waals surface area contributed by atoms with Crippen molar-refractivity contribution in [1.29, 1.82) is 0 Å². The lowest BCUT2D eigenvalue weighted by atomic mass is 10.1. The summed E-state index contributed by atoms with van der Waals surface area (Å²) in [4.78, 5) is 0. The van der Waals surface area contributed by atoms with Gasteiger partial charge in [0, 0.05) is 16.6 Å². The summed E-state index contributed by atoms with van der Waals surface area (Å²) in [6.07, 6.45) is 1.08. The zero-order valence-electron chi connectivity index (χ0n) is 10.6. The molecule has 2 heterocycles. The third-order valence-electron chi connectivity index (χ3n) is 3.30. The van der Waals surface area contributed by atoms with Crippen LogP contribution in [0.5, 0.6) is 0 Å². The highest BCUT2D eigenvalue weighted by Crippen LogP contribution is 2.32. The van der Waals surface area contributed by atoms with E-state index in [4.69, 9.17) is 5.10 Å². The molecule has 0 bridgehead atoms. The maximum absolute atomic E-state index is 4.77. The predicted octanol–water partition coefficient (Wildman–Crippen LogP) is 3.73. The number of rotatable bonds is 2. The fourth-order valence-electron chi connectivity index (χ4n) is 2.43. The summed E-state index contributed by atoms with van der Waals surface area (Å²) in [7, 11) is 0. The molecule has 1 aromatic carbocycles. The minimum Gasteiger partial charge on any atom is -0.369 e. The van der Waals surface area contributed by atoms with Gasteiger partial charge in [-0.1, -0.05) is 29.8 Å². The maximum atomic E-state index is 4.77. The molecule has 0 saturated carbocycles. The first-order chi connectivity index (χ1) is 8.66. The van der Waals surface area contributed by atoms with E-state index in [1.54, 1.807) is 0 Å². The van der Waals surface area contributed by atoms with Gasteiger partial charge in [0.25, 0.3) is 0 Å². The van der Waals surface area contributed by atoms with Crippen LogP contribution < -0.4 is 5.32 Å². The van der Waals surface area contributed by atoms with Crippen molar-refractivity contribution >= 4 is 21.7 Å². The number of aromatic nitrogens is 2. The Bertz CT molecular complexity index is 569. The van der Waals surface area contributed by atoms with Gasteiger partial charge in [-0.15, -0.1) is 0 Å². The Morgan fingerprint density at radius 1 is 1.28 bits per heavy atom. The maximum Gasteiger partial charge on any atom is 0.133 e. The van der Waals surface area contributed by atoms with Crippen LogP contribution in [0.3, 0.4) is 0 Å². The highest BCUT2D eigenvalue weighted by atomic mass is 79.9. The van der Waals surface area contributed by atoms with Crippen LogP contribution in [0, 0.1) is 0 Å². The second-order valence-corrected chi connectivity index (χ2v) is 5.85. The molecule has 18 heavy (non-hydrogen) atoms. The van der Waals surface area contributed by atoms with Crippen molar-refractivity contribution in [1.82, 2.24) is 9.78 Å². The number of fused-ring (bicyclic) bond motifs is 1. The van der Waals surface area contributed by atoms with Gasteiger partial charge in [0.2, 0.25) is 0 Å². The van der Waals surface area contributed by atoms with Crippen molar-refractivity contribution < 1.29 is 0 Å². The molecule has 0 unspecified atom stereocenters. The van der Waals surface area contributed by atoms with Crippen LogP contribution in [-0.4, -0.2) is 16.3 Å². The Balaban J connectivity index is 2.13. The molecule has 0 saturated heterocycles. The van der Waals surface area contributed by atoms with E-state index in [9.17, 15) is 0 Å². The molecular formula is C14H16BrN3. The van der Waals surface area contributed by atoms with Crippen molar-refractivity contribution in [3.05, 3.63) is 40.0 Å². The summed E-state index contributed by atoms with van der Waals surface area (Å²) in [5, 5.41) is 8.22. The summed E-state index contributed by atoms with van der Waals surface area (Å²) < 4.78 is 3.12. The second kappa shape index (κ2) is 4.43. The Kier molecular flexibility index (Phi) is 2.90. The smallest absolute Gasteiger partial charge is 0.133 e.